The maximum atomic E-state index is 14.0. The molecule has 6 aliphatic rings. The van der Waals surface area contributed by atoms with Crippen LogP contribution in [0.1, 0.15) is 118 Å². The molecule has 0 spiro atoms. The van der Waals surface area contributed by atoms with Crippen molar-refractivity contribution in [2.45, 2.75) is 96.3 Å². The van der Waals surface area contributed by atoms with Gasteiger partial charge < -0.3 is 29.5 Å². The van der Waals surface area contributed by atoms with Crippen LogP contribution >= 0.6 is 23.2 Å². The lowest BCUT2D eigenvalue weighted by molar-refractivity contribution is -0.00214. The van der Waals surface area contributed by atoms with E-state index in [0.717, 1.165) is 124 Å². The third-order valence-electron chi connectivity index (χ3n) is 13.6. The van der Waals surface area contributed by atoms with E-state index in [1.165, 1.54) is 39.0 Å². The van der Waals surface area contributed by atoms with Gasteiger partial charge in [0.05, 0.1) is 39.4 Å². The molecule has 0 aliphatic carbocycles. The maximum Gasteiger partial charge on any atom is 0.337 e. The highest BCUT2D eigenvalue weighted by atomic mass is 35.5. The number of benzene rings is 3. The van der Waals surface area contributed by atoms with Crippen molar-refractivity contribution >= 4 is 46.3 Å². The molecule has 4 aromatic rings. The molecule has 1 aromatic heterocycles. The number of rotatable bonds is 10. The van der Waals surface area contributed by atoms with Crippen molar-refractivity contribution in [1.82, 2.24) is 19.4 Å². The molecule has 3 N–H and O–H groups in total. The Bertz CT molecular complexity index is 2960. The fourth-order valence-corrected chi connectivity index (χ4v) is 11.4. The number of H-pyrrole nitrogens is 1. The molecule has 0 bridgehead atoms. The zero-order valence-corrected chi connectivity index (χ0v) is 37.3. The Morgan fingerprint density at radius 2 is 1.77 bits per heavy atom. The van der Waals surface area contributed by atoms with Gasteiger partial charge >= 0.3 is 11.7 Å². The van der Waals surface area contributed by atoms with E-state index < -0.39 is 29.4 Å². The number of hydrogen-bond donors (Lipinski definition) is 3. The molecule has 2 atom stereocenters. The summed E-state index contributed by atoms with van der Waals surface area (Å²) >= 11 is 14.3. The average Bonchev–Trinajstić information content (AvgIpc) is 3.77. The predicted molar refractivity (Wildman–Crippen MR) is 243 cm³/mol. The van der Waals surface area contributed by atoms with Crippen LogP contribution in [0.3, 0.4) is 0 Å². The van der Waals surface area contributed by atoms with Gasteiger partial charge in [0, 0.05) is 89.4 Å². The van der Waals surface area contributed by atoms with Crippen LogP contribution in [0, 0.1) is 11.8 Å². The lowest BCUT2D eigenvalue weighted by atomic mass is 9.81. The predicted octanol–water partition coefficient (Wildman–Crippen LogP) is 5.06. The first kappa shape index (κ1) is 42.6. The Hall–Kier alpha value is -5.39. The quantitative estimate of drug-likeness (QED) is 0.0992. The van der Waals surface area contributed by atoms with E-state index in [1.807, 2.05) is 6.92 Å². The number of ether oxygens (including phenoxy) is 3. The summed E-state index contributed by atoms with van der Waals surface area (Å²) in [4.78, 5) is 57.2. The number of carboxylic acid groups (broad SMARTS) is 1. The molecule has 10 rings (SSSR count). The molecule has 6 aliphatic heterocycles. The Kier molecular flexibility index (Phi) is 11.7. The van der Waals surface area contributed by atoms with Crippen LogP contribution < -0.4 is 41.4 Å². The number of carbonyl (C=O) groups is 2. The standard InChI is InChI=1S/C49H49Cl2N5O8/c1-2-30-14-15-37(63-30)56-26-29(46(57)53-49(56)61)9-3-4-21-62-22-16-52-47(58)35-25-36(50)39(48(59)60)40(41(35)51)38-33-23-27-10-5-17-54-19-7-12-31(42(27)54)44(33)64-45-32-13-8-20-55-18-6-11-28(43(32)55)24-34(38)45/h23-26,30,37H,2,5-22H2,1H3,(H2-,52,53,57,58,59,60,61)/p+1/t30-,37-/m1/s1. The van der Waals surface area contributed by atoms with Gasteiger partial charge in [-0.25, -0.2) is 14.2 Å². The Morgan fingerprint density at radius 3 is 2.56 bits per heavy atom. The molecule has 13 nitrogen and oxygen atoms in total. The van der Waals surface area contributed by atoms with E-state index in [-0.39, 0.29) is 59.0 Å². The van der Waals surface area contributed by atoms with Crippen molar-refractivity contribution < 1.29 is 28.9 Å². The number of nitrogens with zero attached hydrogens (tertiary/aromatic N) is 3. The first-order chi connectivity index (χ1) is 31.1. The molecule has 64 heavy (non-hydrogen) atoms. The number of aromatic amines is 1. The summed E-state index contributed by atoms with van der Waals surface area (Å²) in [6.07, 6.45) is 11.1. The van der Waals surface area contributed by atoms with E-state index >= 15 is 0 Å². The topological polar surface area (TPSA) is 155 Å². The van der Waals surface area contributed by atoms with Crippen LogP contribution in [0.4, 0.5) is 5.69 Å². The number of aromatic nitrogens is 2. The van der Waals surface area contributed by atoms with Crippen LogP contribution in [0.25, 0.3) is 5.57 Å². The van der Waals surface area contributed by atoms with Crippen molar-refractivity contribution in [3.63, 3.8) is 0 Å². The van der Waals surface area contributed by atoms with Gasteiger partial charge in [0.2, 0.25) is 5.36 Å². The number of carbonyl (C=O) groups excluding carboxylic acids is 1. The Morgan fingerprint density at radius 1 is 0.984 bits per heavy atom. The SMILES string of the molecule is CC[C@@H]1CC[C@H](n2cc(CC#CCOCCNC(=O)c3cc(Cl)c(C(=O)O)c(C4=c5cc6c7c(c5Oc5c4cc4c8c5CCCN8CCC4)CCC[N+]=7CCC6)c3Cl)c(=O)[nH]c2=O)O1. The monoisotopic (exact) mass is 906 g/mol. The second-order valence-corrected chi connectivity index (χ2v) is 18.3. The number of aromatic carboxylic acids is 1. The molecule has 1 saturated heterocycles. The highest BCUT2D eigenvalue weighted by Crippen LogP contribution is 2.50. The molecule has 0 saturated carbocycles. The smallest absolute Gasteiger partial charge is 0.337 e. The van der Waals surface area contributed by atoms with E-state index in [2.05, 4.69) is 43.7 Å². The van der Waals surface area contributed by atoms with Crippen molar-refractivity contribution in [1.29, 1.82) is 0 Å². The first-order valence-corrected chi connectivity index (χ1v) is 23.4. The van der Waals surface area contributed by atoms with Gasteiger partial charge in [-0.2, -0.15) is 0 Å². The molecule has 0 radical (unpaired) electrons. The highest BCUT2D eigenvalue weighted by Gasteiger charge is 2.38. The summed E-state index contributed by atoms with van der Waals surface area (Å²) in [5.74, 6) is 5.50. The minimum absolute atomic E-state index is 0.00753. The maximum absolute atomic E-state index is 14.0. The van der Waals surface area contributed by atoms with Gasteiger partial charge in [-0.1, -0.05) is 42.0 Å². The summed E-state index contributed by atoms with van der Waals surface area (Å²) in [7, 11) is 0. The molecule has 1 fully saturated rings. The lowest BCUT2D eigenvalue weighted by Gasteiger charge is -2.39. The van der Waals surface area contributed by atoms with Crippen molar-refractivity contribution in [2.24, 2.45) is 0 Å². The van der Waals surface area contributed by atoms with Gasteiger partial charge in [0.15, 0.2) is 0 Å². The zero-order valence-electron chi connectivity index (χ0n) is 35.8. The minimum Gasteiger partial charge on any atom is -0.478 e. The third kappa shape index (κ3) is 7.52. The molecule has 332 valence electrons. The molecule has 0 unspecified atom stereocenters. The molecule has 1 amide bonds. The Balaban J connectivity index is 0.946. The van der Waals surface area contributed by atoms with Crippen LogP contribution in [-0.2, 0) is 41.6 Å². The number of hydrogen-bond acceptors (Lipinski definition) is 8. The second kappa shape index (κ2) is 17.5. The summed E-state index contributed by atoms with van der Waals surface area (Å²) in [6.45, 7) is 6.22. The third-order valence-corrected chi connectivity index (χ3v) is 14.3. The summed E-state index contributed by atoms with van der Waals surface area (Å²) in [5.41, 5.74) is 6.71. The number of fused-ring (bicyclic) bond motifs is 4. The van der Waals surface area contributed by atoms with Crippen molar-refractivity contribution in [3.05, 3.63) is 116 Å². The number of nitrogens with one attached hydrogen (secondary N) is 2. The minimum atomic E-state index is -1.25. The number of aryl methyl sites for hydroxylation is 2. The lowest BCUT2D eigenvalue weighted by Crippen LogP contribution is -2.45. The zero-order chi connectivity index (χ0) is 44.2. The summed E-state index contributed by atoms with van der Waals surface area (Å²) in [6, 6.07) is 5.65. The average molecular weight is 908 g/mol. The van der Waals surface area contributed by atoms with Gasteiger partial charge in [-0.3, -0.25) is 19.1 Å². The summed E-state index contributed by atoms with van der Waals surface area (Å²) < 4.78 is 22.7. The van der Waals surface area contributed by atoms with Crippen LogP contribution in [0.15, 0.2) is 34.0 Å². The summed E-state index contributed by atoms with van der Waals surface area (Å²) in [5, 5.41) is 15.6. The van der Waals surface area contributed by atoms with Gasteiger partial charge in [-0.15, -0.1) is 0 Å². The van der Waals surface area contributed by atoms with Crippen LogP contribution in [0.5, 0.6) is 11.5 Å². The fraction of sp³-hybridized carbons (Fsp3) is 0.449. The first-order valence-electron chi connectivity index (χ1n) is 22.6. The van der Waals surface area contributed by atoms with E-state index in [1.54, 1.807) is 0 Å². The normalized spacial score (nSPS) is 19.1. The molecule has 7 heterocycles. The second-order valence-electron chi connectivity index (χ2n) is 17.5. The van der Waals surface area contributed by atoms with E-state index in [9.17, 15) is 24.3 Å². The van der Waals surface area contributed by atoms with Crippen LogP contribution in [-0.4, -0.2) is 78.6 Å². The molecule has 15 heteroatoms. The Labute approximate surface area is 379 Å². The van der Waals surface area contributed by atoms with Crippen LogP contribution in [0.2, 0.25) is 10.0 Å². The highest BCUT2D eigenvalue weighted by molar-refractivity contribution is 6.40. The molecular weight excluding hydrogens is 857 g/mol. The fourth-order valence-electron chi connectivity index (χ4n) is 10.7. The van der Waals surface area contributed by atoms with Gasteiger partial charge in [0.25, 0.3) is 11.5 Å². The molecular formula is C49H50Cl2N5O8+. The molecule has 3 aromatic carbocycles. The number of amides is 1. The largest absolute Gasteiger partial charge is 0.478 e. The van der Waals surface area contributed by atoms with Crippen molar-refractivity contribution in [3.8, 4) is 23.3 Å². The number of halogens is 2. The van der Waals surface area contributed by atoms with Gasteiger partial charge in [0.1, 0.15) is 37.4 Å². The van der Waals surface area contributed by atoms with Gasteiger partial charge in [-0.05, 0) is 81.5 Å². The van der Waals surface area contributed by atoms with Crippen molar-refractivity contribution in [2.75, 3.05) is 50.8 Å². The number of anilines is 1. The van der Waals surface area contributed by atoms with E-state index in [4.69, 9.17) is 37.4 Å². The van der Waals surface area contributed by atoms with E-state index in [0.29, 0.717) is 17.6 Å². The number of carboxylic acids is 1.